The summed E-state index contributed by atoms with van der Waals surface area (Å²) in [6.45, 7) is 7.68. The number of aromatic nitrogens is 3. The van der Waals surface area contributed by atoms with Gasteiger partial charge in [-0.1, -0.05) is 24.3 Å². The van der Waals surface area contributed by atoms with Crippen molar-refractivity contribution in [2.45, 2.75) is 64.9 Å². The predicted molar refractivity (Wildman–Crippen MR) is 162 cm³/mol. The van der Waals surface area contributed by atoms with Gasteiger partial charge in [0, 0.05) is 32.4 Å². The van der Waals surface area contributed by atoms with Crippen LogP contribution in [0.5, 0.6) is 11.5 Å². The molecule has 1 N–H and O–H groups in total. The Morgan fingerprint density at radius 2 is 1.57 bits per heavy atom. The molecule has 0 bridgehead atoms. The second-order valence-electron chi connectivity index (χ2n) is 11.6. The Morgan fingerprint density at radius 1 is 0.976 bits per heavy atom. The zero-order chi connectivity index (χ0) is 29.9. The van der Waals surface area contributed by atoms with Crippen LogP contribution in [-0.4, -0.2) is 57.9 Å². The molecule has 1 fully saturated rings. The highest BCUT2D eigenvalue weighted by atomic mass is 16.6. The number of rotatable bonds is 9. The molecule has 222 valence electrons. The van der Waals surface area contributed by atoms with Crippen LogP contribution in [0.4, 0.5) is 10.6 Å². The number of likely N-dealkylation sites (tertiary alicyclic amines) is 1. The first-order valence-corrected chi connectivity index (χ1v) is 14.2. The Hall–Kier alpha value is -4.47. The number of hydrogen-bond donors (Lipinski definition) is 1. The molecule has 0 unspecified atom stereocenters. The lowest BCUT2D eigenvalue weighted by atomic mass is 10.1. The number of aromatic amines is 1. The highest BCUT2D eigenvalue weighted by Gasteiger charge is 2.33. The van der Waals surface area contributed by atoms with E-state index in [9.17, 15) is 9.59 Å². The van der Waals surface area contributed by atoms with Crippen molar-refractivity contribution in [3.05, 3.63) is 82.4 Å². The van der Waals surface area contributed by atoms with E-state index in [-0.39, 0.29) is 17.8 Å². The number of amides is 1. The third-order valence-corrected chi connectivity index (χ3v) is 7.44. The molecule has 3 heterocycles. The maximum Gasteiger partial charge on any atom is 0.410 e. The molecule has 2 aromatic carbocycles. The highest BCUT2D eigenvalue weighted by molar-refractivity contribution is 5.86. The van der Waals surface area contributed by atoms with Gasteiger partial charge >= 0.3 is 11.8 Å². The molecule has 4 aromatic rings. The lowest BCUT2D eigenvalue weighted by Crippen LogP contribution is -2.42. The fourth-order valence-corrected chi connectivity index (χ4v) is 5.40. The number of carbonyl (C=O) groups excluding carboxylic acids is 1. The van der Waals surface area contributed by atoms with Crippen LogP contribution in [0.15, 0.2) is 65.6 Å². The Balaban J connectivity index is 1.48. The number of pyridine rings is 1. The van der Waals surface area contributed by atoms with Gasteiger partial charge in [-0.3, -0.25) is 4.57 Å². The second kappa shape index (κ2) is 12.2. The lowest BCUT2D eigenvalue weighted by molar-refractivity contribution is 0.0214. The summed E-state index contributed by atoms with van der Waals surface area (Å²) < 4.78 is 18.0. The van der Waals surface area contributed by atoms with Crippen molar-refractivity contribution in [3.63, 3.8) is 0 Å². The minimum Gasteiger partial charge on any atom is -0.497 e. The molecule has 2 aromatic heterocycles. The molecule has 0 radical (unpaired) electrons. The van der Waals surface area contributed by atoms with E-state index >= 15 is 0 Å². The SMILES string of the molecule is COc1ccc(CN(Cc2ccc(OC)cc2)c2nccc3c2[nH]c(=O)n3C[C@@H]2CCCN2C(=O)OC(C)(C)C)cc1. The average molecular weight is 574 g/mol. The first-order valence-electron chi connectivity index (χ1n) is 14.2. The number of carbonyl (C=O) groups is 1. The zero-order valence-corrected chi connectivity index (χ0v) is 24.9. The highest BCUT2D eigenvalue weighted by Crippen LogP contribution is 2.28. The minimum atomic E-state index is -0.584. The standard InChI is InChI=1S/C32H39N5O5/c1-32(2,3)42-31(39)36-18-6-7-24(36)21-37-27-16-17-33-29(28(27)34-30(37)38)35(19-22-8-12-25(40-4)13-9-22)20-23-10-14-26(41-5)15-11-23/h8-17,24H,6-7,18-21H2,1-5H3,(H,34,38)/t24-/m0/s1. The molecule has 1 saturated heterocycles. The van der Waals surface area contributed by atoms with Crippen molar-refractivity contribution in [1.29, 1.82) is 0 Å². The van der Waals surface area contributed by atoms with Crippen molar-refractivity contribution in [2.24, 2.45) is 0 Å². The number of hydrogen-bond acceptors (Lipinski definition) is 7. The van der Waals surface area contributed by atoms with Crippen molar-refractivity contribution in [2.75, 3.05) is 25.7 Å². The summed E-state index contributed by atoms with van der Waals surface area (Å²) in [6.07, 6.45) is 3.06. The quantitative estimate of drug-likeness (QED) is 0.288. The van der Waals surface area contributed by atoms with Gasteiger partial charge in [0.1, 0.15) is 22.6 Å². The molecule has 10 nitrogen and oxygen atoms in total. The van der Waals surface area contributed by atoms with Crippen LogP contribution in [-0.2, 0) is 24.4 Å². The number of H-pyrrole nitrogens is 1. The third-order valence-electron chi connectivity index (χ3n) is 7.44. The number of nitrogens with zero attached hydrogens (tertiary/aromatic N) is 4. The molecule has 0 aliphatic carbocycles. The number of ether oxygens (including phenoxy) is 3. The average Bonchev–Trinajstić information content (AvgIpc) is 3.57. The fraction of sp³-hybridized carbons (Fsp3) is 0.406. The third kappa shape index (κ3) is 6.53. The lowest BCUT2D eigenvalue weighted by Gasteiger charge is -2.28. The van der Waals surface area contributed by atoms with Gasteiger partial charge in [0.25, 0.3) is 0 Å². The molecule has 1 atom stereocenters. The Morgan fingerprint density at radius 3 is 2.12 bits per heavy atom. The monoisotopic (exact) mass is 573 g/mol. The van der Waals surface area contributed by atoms with E-state index in [1.165, 1.54) is 0 Å². The first-order chi connectivity index (χ1) is 20.1. The van der Waals surface area contributed by atoms with Gasteiger partial charge in [0.15, 0.2) is 5.82 Å². The molecule has 1 aliphatic heterocycles. The Kier molecular flexibility index (Phi) is 8.42. The largest absolute Gasteiger partial charge is 0.497 e. The number of anilines is 1. The molecule has 42 heavy (non-hydrogen) atoms. The number of imidazole rings is 1. The van der Waals surface area contributed by atoms with E-state index in [0.717, 1.165) is 41.0 Å². The van der Waals surface area contributed by atoms with Gasteiger partial charge in [-0.2, -0.15) is 0 Å². The minimum absolute atomic E-state index is 0.136. The molecule has 1 aliphatic rings. The smallest absolute Gasteiger partial charge is 0.410 e. The number of benzene rings is 2. The summed E-state index contributed by atoms with van der Waals surface area (Å²) >= 11 is 0. The number of methoxy groups -OCH3 is 2. The molecule has 1 amide bonds. The van der Waals surface area contributed by atoms with Gasteiger partial charge in [-0.25, -0.2) is 14.6 Å². The van der Waals surface area contributed by atoms with E-state index in [2.05, 4.69) is 9.88 Å². The summed E-state index contributed by atoms with van der Waals surface area (Å²) in [5.74, 6) is 2.24. The summed E-state index contributed by atoms with van der Waals surface area (Å²) in [7, 11) is 3.30. The van der Waals surface area contributed by atoms with E-state index in [1.54, 1.807) is 29.9 Å². The van der Waals surface area contributed by atoms with Crippen LogP contribution in [0.2, 0.25) is 0 Å². The molecule has 0 spiro atoms. The van der Waals surface area contributed by atoms with E-state index in [1.807, 2.05) is 75.4 Å². The maximum absolute atomic E-state index is 13.4. The van der Waals surface area contributed by atoms with Gasteiger partial charge in [-0.15, -0.1) is 0 Å². The summed E-state index contributed by atoms with van der Waals surface area (Å²) in [5.41, 5.74) is 2.73. The van der Waals surface area contributed by atoms with Crippen molar-refractivity contribution in [1.82, 2.24) is 19.4 Å². The summed E-state index contributed by atoms with van der Waals surface area (Å²) in [5, 5.41) is 0. The van der Waals surface area contributed by atoms with Gasteiger partial charge in [0.2, 0.25) is 0 Å². The van der Waals surface area contributed by atoms with Crippen LogP contribution in [0.25, 0.3) is 11.0 Å². The molecule has 5 rings (SSSR count). The van der Waals surface area contributed by atoms with E-state index in [4.69, 9.17) is 19.2 Å². The van der Waals surface area contributed by atoms with Crippen molar-refractivity contribution >= 4 is 22.9 Å². The zero-order valence-electron chi connectivity index (χ0n) is 24.9. The topological polar surface area (TPSA) is 102 Å². The predicted octanol–water partition coefficient (Wildman–Crippen LogP) is 5.35. The van der Waals surface area contributed by atoms with Gasteiger partial charge < -0.3 is 29.0 Å². The van der Waals surface area contributed by atoms with E-state index < -0.39 is 5.60 Å². The molecule has 10 heteroatoms. The van der Waals surface area contributed by atoms with Crippen molar-refractivity contribution in [3.8, 4) is 11.5 Å². The normalized spacial score (nSPS) is 15.2. The Labute approximate surface area is 245 Å². The first kappa shape index (κ1) is 29.0. The van der Waals surface area contributed by atoms with Crippen LogP contribution >= 0.6 is 0 Å². The van der Waals surface area contributed by atoms with Gasteiger partial charge in [0.05, 0.1) is 25.8 Å². The molecular weight excluding hydrogens is 534 g/mol. The van der Waals surface area contributed by atoms with Crippen LogP contribution in [0.1, 0.15) is 44.7 Å². The van der Waals surface area contributed by atoms with Crippen LogP contribution in [0.3, 0.4) is 0 Å². The maximum atomic E-state index is 13.4. The Bertz CT molecular complexity index is 1520. The second-order valence-corrected chi connectivity index (χ2v) is 11.6. The molecular formula is C32H39N5O5. The summed E-state index contributed by atoms with van der Waals surface area (Å²) in [6, 6.07) is 17.6. The number of fused-ring (bicyclic) bond motifs is 1. The van der Waals surface area contributed by atoms with Crippen LogP contribution in [0, 0.1) is 0 Å². The van der Waals surface area contributed by atoms with Crippen molar-refractivity contribution < 1.29 is 19.0 Å². The number of nitrogens with one attached hydrogen (secondary N) is 1. The van der Waals surface area contributed by atoms with Gasteiger partial charge in [-0.05, 0) is 75.1 Å². The van der Waals surface area contributed by atoms with E-state index in [0.29, 0.717) is 37.5 Å². The van der Waals surface area contributed by atoms with Crippen LogP contribution < -0.4 is 20.1 Å². The summed E-state index contributed by atoms with van der Waals surface area (Å²) in [4.78, 5) is 38.0. The molecule has 0 saturated carbocycles. The fourth-order valence-electron chi connectivity index (χ4n) is 5.40.